The monoisotopic (exact) mass is 300 g/mol. The Hall–Kier alpha value is -2.00. The SMILES string of the molecule is CC(C)(C)N=C1Nc2ccccc2-c2cc(Cl)ccc2O1. The molecular weight excluding hydrogens is 284 g/mol. The number of anilines is 1. The molecule has 0 aliphatic carbocycles. The highest BCUT2D eigenvalue weighted by Crippen LogP contribution is 2.39. The fourth-order valence-corrected chi connectivity index (χ4v) is 2.40. The van der Waals surface area contributed by atoms with Gasteiger partial charge in [-0.2, -0.15) is 0 Å². The quantitative estimate of drug-likeness (QED) is 0.745. The van der Waals surface area contributed by atoms with Crippen molar-refractivity contribution in [3.8, 4) is 16.9 Å². The van der Waals surface area contributed by atoms with Crippen LogP contribution in [0.2, 0.25) is 5.02 Å². The van der Waals surface area contributed by atoms with Gasteiger partial charge in [0.15, 0.2) is 0 Å². The van der Waals surface area contributed by atoms with E-state index in [0.29, 0.717) is 11.0 Å². The highest BCUT2D eigenvalue weighted by Gasteiger charge is 2.20. The molecular formula is C17H17ClN2O. The molecule has 0 atom stereocenters. The summed E-state index contributed by atoms with van der Waals surface area (Å²) in [7, 11) is 0. The normalized spacial score (nSPS) is 15.5. The molecule has 0 aromatic heterocycles. The van der Waals surface area contributed by atoms with Crippen molar-refractivity contribution < 1.29 is 4.74 Å². The number of amidine groups is 1. The van der Waals surface area contributed by atoms with Crippen LogP contribution in [0.15, 0.2) is 47.5 Å². The molecule has 0 bridgehead atoms. The van der Waals surface area contributed by atoms with Crippen molar-refractivity contribution >= 4 is 23.3 Å². The van der Waals surface area contributed by atoms with Gasteiger partial charge in [0, 0.05) is 16.1 Å². The van der Waals surface area contributed by atoms with Crippen LogP contribution in [0.5, 0.6) is 5.75 Å². The summed E-state index contributed by atoms with van der Waals surface area (Å²) in [6, 6.07) is 14.1. The van der Waals surface area contributed by atoms with Crippen LogP contribution < -0.4 is 10.1 Å². The topological polar surface area (TPSA) is 33.6 Å². The lowest BCUT2D eigenvalue weighted by Crippen LogP contribution is -2.24. The van der Waals surface area contributed by atoms with Gasteiger partial charge in [0.25, 0.3) is 6.02 Å². The lowest BCUT2D eigenvalue weighted by atomic mass is 10.0. The minimum atomic E-state index is -0.228. The third-order valence-electron chi connectivity index (χ3n) is 3.04. The van der Waals surface area contributed by atoms with Crippen molar-refractivity contribution in [3.63, 3.8) is 0 Å². The molecule has 0 saturated heterocycles. The molecule has 0 unspecified atom stereocenters. The standard InChI is InChI=1S/C17H17ClN2O/c1-17(2,3)20-16-19-14-7-5-4-6-12(14)13-10-11(18)8-9-15(13)21-16/h4-10H,1-3H3,(H,19,20). The van der Waals surface area contributed by atoms with Crippen molar-refractivity contribution in [2.75, 3.05) is 5.32 Å². The average Bonchev–Trinajstić information content (AvgIpc) is 2.53. The second-order valence-electron chi connectivity index (χ2n) is 6.00. The van der Waals surface area contributed by atoms with Crippen molar-refractivity contribution in [1.82, 2.24) is 0 Å². The van der Waals surface area contributed by atoms with Gasteiger partial charge in [-0.25, -0.2) is 4.99 Å². The van der Waals surface area contributed by atoms with Crippen LogP contribution >= 0.6 is 11.6 Å². The summed E-state index contributed by atoms with van der Waals surface area (Å²) in [5.74, 6) is 0.750. The van der Waals surface area contributed by atoms with Gasteiger partial charge in [0.05, 0.1) is 11.2 Å². The Kier molecular flexibility index (Phi) is 3.38. The van der Waals surface area contributed by atoms with Crippen LogP contribution in [0.4, 0.5) is 5.69 Å². The minimum absolute atomic E-state index is 0.228. The zero-order valence-corrected chi connectivity index (χ0v) is 13.0. The summed E-state index contributed by atoms with van der Waals surface area (Å²) in [4.78, 5) is 4.60. The van der Waals surface area contributed by atoms with Crippen LogP contribution in [-0.4, -0.2) is 11.6 Å². The molecule has 2 aromatic rings. The van der Waals surface area contributed by atoms with Crippen molar-refractivity contribution in [3.05, 3.63) is 47.5 Å². The van der Waals surface area contributed by atoms with Crippen molar-refractivity contribution in [2.24, 2.45) is 4.99 Å². The van der Waals surface area contributed by atoms with E-state index in [-0.39, 0.29) is 5.54 Å². The summed E-state index contributed by atoms with van der Waals surface area (Å²) in [6.45, 7) is 6.10. The summed E-state index contributed by atoms with van der Waals surface area (Å²) < 4.78 is 5.95. The first-order valence-corrected chi connectivity index (χ1v) is 7.24. The summed E-state index contributed by atoms with van der Waals surface area (Å²) in [5.41, 5.74) is 2.74. The fourth-order valence-electron chi connectivity index (χ4n) is 2.23. The number of hydrogen-bond acceptors (Lipinski definition) is 2. The molecule has 3 rings (SSSR count). The smallest absolute Gasteiger partial charge is 0.295 e. The van der Waals surface area contributed by atoms with E-state index in [0.717, 1.165) is 22.6 Å². The van der Waals surface area contributed by atoms with E-state index in [2.05, 4.69) is 10.3 Å². The number of halogens is 1. The van der Waals surface area contributed by atoms with E-state index in [1.165, 1.54) is 0 Å². The number of hydrogen-bond donors (Lipinski definition) is 1. The molecule has 1 aliphatic rings. The predicted octanol–water partition coefficient (Wildman–Crippen LogP) is 4.97. The van der Waals surface area contributed by atoms with Crippen LogP contribution in [0.1, 0.15) is 20.8 Å². The lowest BCUT2D eigenvalue weighted by Gasteiger charge is -2.16. The number of ether oxygens (including phenoxy) is 1. The Balaban J connectivity index is 2.19. The molecule has 1 heterocycles. The molecule has 1 N–H and O–H groups in total. The molecule has 0 fully saturated rings. The maximum atomic E-state index is 6.13. The number of rotatable bonds is 0. The largest absolute Gasteiger partial charge is 0.425 e. The lowest BCUT2D eigenvalue weighted by molar-refractivity contribution is 0.510. The van der Waals surface area contributed by atoms with Gasteiger partial charge in [-0.3, -0.25) is 0 Å². The number of benzene rings is 2. The van der Waals surface area contributed by atoms with Gasteiger partial charge >= 0.3 is 0 Å². The molecule has 1 aliphatic heterocycles. The Labute approximate surface area is 129 Å². The zero-order valence-electron chi connectivity index (χ0n) is 12.3. The highest BCUT2D eigenvalue weighted by atomic mass is 35.5. The molecule has 0 saturated carbocycles. The molecule has 4 heteroatoms. The van der Waals surface area contributed by atoms with Crippen molar-refractivity contribution in [2.45, 2.75) is 26.3 Å². The number of para-hydroxylation sites is 1. The van der Waals surface area contributed by atoms with Gasteiger partial charge in [-0.1, -0.05) is 29.8 Å². The van der Waals surface area contributed by atoms with Gasteiger partial charge in [-0.15, -0.1) is 0 Å². The first-order chi connectivity index (χ1) is 9.92. The van der Waals surface area contributed by atoms with Crippen LogP contribution in [0.3, 0.4) is 0 Å². The number of aliphatic imine (C=N–C) groups is 1. The third kappa shape index (κ3) is 3.03. The van der Waals surface area contributed by atoms with E-state index in [1.807, 2.05) is 63.2 Å². The first kappa shape index (κ1) is 14.0. The summed E-state index contributed by atoms with van der Waals surface area (Å²) in [6.07, 6.45) is 0. The molecule has 21 heavy (non-hydrogen) atoms. The minimum Gasteiger partial charge on any atom is -0.425 e. The summed E-state index contributed by atoms with van der Waals surface area (Å²) in [5, 5.41) is 3.95. The molecule has 0 radical (unpaired) electrons. The Bertz CT molecular complexity index is 717. The number of nitrogens with zero attached hydrogens (tertiary/aromatic N) is 1. The third-order valence-corrected chi connectivity index (χ3v) is 3.28. The van der Waals surface area contributed by atoms with E-state index in [9.17, 15) is 0 Å². The number of fused-ring (bicyclic) bond motifs is 3. The first-order valence-electron chi connectivity index (χ1n) is 6.86. The van der Waals surface area contributed by atoms with Crippen LogP contribution in [0.25, 0.3) is 11.1 Å². The predicted molar refractivity (Wildman–Crippen MR) is 88.3 cm³/mol. The number of nitrogens with one attached hydrogen (secondary N) is 1. The van der Waals surface area contributed by atoms with Crippen LogP contribution in [0, 0.1) is 0 Å². The second-order valence-corrected chi connectivity index (χ2v) is 6.44. The van der Waals surface area contributed by atoms with Crippen LogP contribution in [-0.2, 0) is 0 Å². The molecule has 0 amide bonds. The Morgan fingerprint density at radius 1 is 1.05 bits per heavy atom. The maximum absolute atomic E-state index is 6.13. The summed E-state index contributed by atoms with van der Waals surface area (Å²) >= 11 is 6.13. The Morgan fingerprint density at radius 2 is 1.81 bits per heavy atom. The molecule has 0 spiro atoms. The molecule has 2 aromatic carbocycles. The van der Waals surface area contributed by atoms with Gasteiger partial charge in [-0.05, 0) is 45.0 Å². The fraction of sp³-hybridized carbons (Fsp3) is 0.235. The zero-order chi connectivity index (χ0) is 15.0. The van der Waals surface area contributed by atoms with E-state index >= 15 is 0 Å². The highest BCUT2D eigenvalue weighted by molar-refractivity contribution is 6.31. The van der Waals surface area contributed by atoms with E-state index in [4.69, 9.17) is 16.3 Å². The van der Waals surface area contributed by atoms with E-state index in [1.54, 1.807) is 0 Å². The second kappa shape index (κ2) is 5.08. The van der Waals surface area contributed by atoms with Crippen molar-refractivity contribution in [1.29, 1.82) is 0 Å². The Morgan fingerprint density at radius 3 is 2.57 bits per heavy atom. The molecule has 3 nitrogen and oxygen atoms in total. The molecule has 108 valence electrons. The van der Waals surface area contributed by atoms with Gasteiger partial charge in [0.2, 0.25) is 0 Å². The van der Waals surface area contributed by atoms with Gasteiger partial charge < -0.3 is 10.1 Å². The average molecular weight is 301 g/mol. The maximum Gasteiger partial charge on any atom is 0.295 e. The van der Waals surface area contributed by atoms with E-state index < -0.39 is 0 Å². The van der Waals surface area contributed by atoms with Gasteiger partial charge in [0.1, 0.15) is 5.75 Å².